The third-order valence-corrected chi connectivity index (χ3v) is 5.15. The first-order chi connectivity index (χ1) is 13.8. The maximum Gasteiger partial charge on any atom is 0.397 e. The summed E-state index contributed by atoms with van der Waals surface area (Å²) in [6, 6.07) is 13.5. The summed E-state index contributed by atoms with van der Waals surface area (Å²) in [4.78, 5) is 29.4. The highest BCUT2D eigenvalue weighted by Crippen LogP contribution is 2.20. The van der Waals surface area contributed by atoms with Gasteiger partial charge in [-0.05, 0) is 43.3 Å². The zero-order valence-corrected chi connectivity index (χ0v) is 16.3. The maximum absolute atomic E-state index is 12.8. The quantitative estimate of drug-likeness (QED) is 0.617. The monoisotopic (exact) mass is 421 g/mol. The van der Waals surface area contributed by atoms with Crippen LogP contribution in [0, 0.1) is 6.92 Å². The van der Waals surface area contributed by atoms with E-state index in [0.29, 0.717) is 39.7 Å². The Hall–Kier alpha value is -2.81. The first-order valence-electron chi connectivity index (χ1n) is 8.78. The Labute approximate surface area is 169 Å². The number of nitrogens with zero attached hydrogens (tertiary/aromatic N) is 2. The molecule has 1 heterocycles. The topological polar surface area (TPSA) is 64.0 Å². The molecule has 0 saturated carbocycles. The van der Waals surface area contributed by atoms with Crippen molar-refractivity contribution < 1.29 is 18.0 Å². The number of hydrogen-bond acceptors (Lipinski definition) is 4. The van der Waals surface area contributed by atoms with Crippen LogP contribution < -0.4 is 10.9 Å². The summed E-state index contributed by atoms with van der Waals surface area (Å²) in [5.74, 6) is -0.635. The number of aryl methyl sites for hydroxylation is 1. The van der Waals surface area contributed by atoms with E-state index in [0.717, 1.165) is 0 Å². The lowest BCUT2D eigenvalue weighted by atomic mass is 10.2. The molecule has 0 spiro atoms. The fourth-order valence-corrected chi connectivity index (χ4v) is 3.46. The molecule has 3 rings (SSSR count). The Balaban J connectivity index is 1.70. The van der Waals surface area contributed by atoms with Crippen LogP contribution in [-0.2, 0) is 0 Å². The van der Waals surface area contributed by atoms with Crippen LogP contribution in [0.25, 0.3) is 16.6 Å². The highest BCUT2D eigenvalue weighted by molar-refractivity contribution is 7.99. The lowest BCUT2D eigenvalue weighted by molar-refractivity contribution is -0.105. The normalized spacial score (nSPS) is 11.6. The van der Waals surface area contributed by atoms with Crippen molar-refractivity contribution in [1.82, 2.24) is 14.9 Å². The van der Waals surface area contributed by atoms with Gasteiger partial charge in [0.05, 0.1) is 22.3 Å². The minimum absolute atomic E-state index is 0.133. The molecule has 9 heteroatoms. The van der Waals surface area contributed by atoms with Crippen molar-refractivity contribution >= 4 is 28.6 Å². The molecule has 2 aromatic carbocycles. The van der Waals surface area contributed by atoms with Crippen molar-refractivity contribution in [1.29, 1.82) is 0 Å². The molecule has 0 aliphatic heterocycles. The fourth-order valence-electron chi connectivity index (χ4n) is 2.84. The summed E-state index contributed by atoms with van der Waals surface area (Å²) in [5, 5.41) is 3.08. The molecule has 0 unspecified atom stereocenters. The number of benzene rings is 2. The van der Waals surface area contributed by atoms with Crippen LogP contribution >= 0.6 is 11.8 Å². The van der Waals surface area contributed by atoms with Gasteiger partial charge in [0.2, 0.25) is 0 Å². The molecule has 5 nitrogen and oxygen atoms in total. The van der Waals surface area contributed by atoms with E-state index < -0.39 is 11.9 Å². The lowest BCUT2D eigenvalue weighted by Crippen LogP contribution is -2.26. The largest absolute Gasteiger partial charge is 0.397 e. The van der Waals surface area contributed by atoms with Gasteiger partial charge in [-0.15, -0.1) is 0 Å². The van der Waals surface area contributed by atoms with Crippen LogP contribution in [0.5, 0.6) is 0 Å². The van der Waals surface area contributed by atoms with Crippen molar-refractivity contribution in [2.24, 2.45) is 0 Å². The first kappa shape index (κ1) is 20.9. The van der Waals surface area contributed by atoms with Gasteiger partial charge in [0.25, 0.3) is 11.5 Å². The summed E-state index contributed by atoms with van der Waals surface area (Å²) >= 11 is 0.716. The summed E-state index contributed by atoms with van der Waals surface area (Å²) < 4.78 is 37.7. The van der Waals surface area contributed by atoms with Crippen LogP contribution in [0.3, 0.4) is 0 Å². The molecule has 0 aliphatic rings. The molecule has 1 amide bonds. The van der Waals surface area contributed by atoms with Crippen molar-refractivity contribution in [3.8, 4) is 5.69 Å². The second-order valence-electron chi connectivity index (χ2n) is 6.29. The van der Waals surface area contributed by atoms with E-state index in [1.807, 2.05) is 6.07 Å². The molecule has 0 saturated heterocycles. The van der Waals surface area contributed by atoms with Crippen molar-refractivity contribution in [2.45, 2.75) is 13.1 Å². The minimum Gasteiger partial charge on any atom is -0.351 e. The van der Waals surface area contributed by atoms with Crippen LogP contribution in [0.1, 0.15) is 16.2 Å². The summed E-state index contributed by atoms with van der Waals surface area (Å²) in [6.45, 7) is 1.86. The number of hydrogen-bond donors (Lipinski definition) is 1. The van der Waals surface area contributed by atoms with Gasteiger partial charge in [-0.2, -0.15) is 24.9 Å². The third-order valence-electron chi connectivity index (χ3n) is 4.13. The molecular weight excluding hydrogens is 403 g/mol. The zero-order valence-electron chi connectivity index (χ0n) is 15.5. The zero-order chi connectivity index (χ0) is 21.0. The SMILES string of the molecule is Cc1nc2ccccc2c(=O)n1-c1ccc(C(=O)NCCSCC(F)(F)F)cc1. The van der Waals surface area contributed by atoms with E-state index >= 15 is 0 Å². The highest BCUT2D eigenvalue weighted by Gasteiger charge is 2.26. The standard InChI is InChI=1S/C20H18F3N3O2S/c1-13-25-17-5-3-2-4-16(17)19(28)26(13)15-8-6-14(7-9-15)18(27)24-10-11-29-12-20(21,22)23/h2-9H,10-12H2,1H3,(H,24,27). The highest BCUT2D eigenvalue weighted by atomic mass is 32.2. The number of halogens is 3. The molecule has 0 atom stereocenters. The van der Waals surface area contributed by atoms with Gasteiger partial charge < -0.3 is 5.32 Å². The number of rotatable bonds is 6. The molecule has 0 radical (unpaired) electrons. The van der Waals surface area contributed by atoms with Gasteiger partial charge in [0.15, 0.2) is 0 Å². The van der Waals surface area contributed by atoms with Gasteiger partial charge in [-0.1, -0.05) is 12.1 Å². The molecular formula is C20H18F3N3O2S. The van der Waals surface area contributed by atoms with E-state index in [4.69, 9.17) is 0 Å². The van der Waals surface area contributed by atoms with Gasteiger partial charge in [-0.25, -0.2) is 4.98 Å². The van der Waals surface area contributed by atoms with Crippen LogP contribution in [0.2, 0.25) is 0 Å². The number of nitrogens with one attached hydrogen (secondary N) is 1. The summed E-state index contributed by atoms with van der Waals surface area (Å²) in [6.07, 6.45) is -4.21. The van der Waals surface area contributed by atoms with E-state index in [9.17, 15) is 22.8 Å². The number of carbonyl (C=O) groups excluding carboxylic acids is 1. The second-order valence-corrected chi connectivity index (χ2v) is 7.39. The minimum atomic E-state index is -4.21. The van der Waals surface area contributed by atoms with E-state index in [1.54, 1.807) is 49.4 Å². The number of aromatic nitrogens is 2. The smallest absolute Gasteiger partial charge is 0.351 e. The summed E-state index contributed by atoms with van der Waals surface area (Å²) in [7, 11) is 0. The predicted molar refractivity (Wildman–Crippen MR) is 108 cm³/mol. The molecule has 3 aromatic rings. The van der Waals surface area contributed by atoms with Crippen molar-refractivity contribution in [3.63, 3.8) is 0 Å². The molecule has 29 heavy (non-hydrogen) atoms. The first-order valence-corrected chi connectivity index (χ1v) is 9.93. The number of thioether (sulfide) groups is 1. The van der Waals surface area contributed by atoms with E-state index in [2.05, 4.69) is 10.3 Å². The number of carbonyl (C=O) groups is 1. The Morgan fingerprint density at radius 3 is 2.52 bits per heavy atom. The molecule has 0 aliphatic carbocycles. The molecule has 1 N–H and O–H groups in total. The van der Waals surface area contributed by atoms with Gasteiger partial charge in [0.1, 0.15) is 5.82 Å². The van der Waals surface area contributed by atoms with E-state index in [-0.39, 0.29) is 23.8 Å². The van der Waals surface area contributed by atoms with Crippen molar-refractivity contribution in [3.05, 3.63) is 70.3 Å². The van der Waals surface area contributed by atoms with Crippen molar-refractivity contribution in [2.75, 3.05) is 18.1 Å². The Kier molecular flexibility index (Phi) is 6.26. The Bertz CT molecular complexity index is 1080. The Morgan fingerprint density at radius 2 is 1.83 bits per heavy atom. The summed E-state index contributed by atoms with van der Waals surface area (Å²) in [5.41, 5.74) is 1.34. The fraction of sp³-hybridized carbons (Fsp3) is 0.250. The third kappa shape index (κ3) is 5.17. The van der Waals surface area contributed by atoms with Gasteiger partial charge >= 0.3 is 6.18 Å². The molecule has 1 aromatic heterocycles. The average Bonchev–Trinajstić information content (AvgIpc) is 2.67. The second kappa shape index (κ2) is 8.69. The van der Waals surface area contributed by atoms with Crippen LogP contribution in [-0.4, -0.2) is 39.7 Å². The molecule has 152 valence electrons. The van der Waals surface area contributed by atoms with Crippen LogP contribution in [0.15, 0.2) is 53.3 Å². The number of fused-ring (bicyclic) bond motifs is 1. The Morgan fingerprint density at radius 1 is 1.14 bits per heavy atom. The average molecular weight is 421 g/mol. The van der Waals surface area contributed by atoms with Gasteiger partial charge in [-0.3, -0.25) is 14.2 Å². The molecule has 0 bridgehead atoms. The van der Waals surface area contributed by atoms with Crippen LogP contribution in [0.4, 0.5) is 13.2 Å². The number of amides is 1. The predicted octanol–water partition coefficient (Wildman–Crippen LogP) is 3.72. The number of para-hydroxylation sites is 1. The maximum atomic E-state index is 12.8. The van der Waals surface area contributed by atoms with Gasteiger partial charge in [0, 0.05) is 17.9 Å². The lowest BCUT2D eigenvalue weighted by Gasteiger charge is -2.11. The number of alkyl halides is 3. The van der Waals surface area contributed by atoms with E-state index in [1.165, 1.54) is 4.57 Å². The molecule has 0 fully saturated rings.